The van der Waals surface area contributed by atoms with Crippen LogP contribution in [0.25, 0.3) is 5.69 Å². The Labute approximate surface area is 178 Å². The van der Waals surface area contributed by atoms with E-state index in [0.29, 0.717) is 21.6 Å². The van der Waals surface area contributed by atoms with Crippen molar-refractivity contribution < 1.29 is 4.79 Å². The van der Waals surface area contributed by atoms with Crippen molar-refractivity contribution in [3.05, 3.63) is 58.6 Å². The van der Waals surface area contributed by atoms with Crippen LogP contribution in [0.4, 0.5) is 0 Å². The van der Waals surface area contributed by atoms with E-state index < -0.39 is 0 Å². The molecule has 1 amide bonds. The third-order valence-electron chi connectivity index (χ3n) is 4.89. The van der Waals surface area contributed by atoms with Crippen LogP contribution in [-0.4, -0.2) is 48.9 Å². The fourth-order valence-corrected chi connectivity index (χ4v) is 4.23. The van der Waals surface area contributed by atoms with Gasteiger partial charge in [0, 0.05) is 36.3 Å². The van der Waals surface area contributed by atoms with Gasteiger partial charge in [-0.3, -0.25) is 4.79 Å². The molecule has 1 aliphatic heterocycles. The number of hydrogen-bond donors (Lipinski definition) is 0. The third-order valence-corrected chi connectivity index (χ3v) is 6.18. The highest BCUT2D eigenvalue weighted by atomic mass is 35.5. The number of rotatable bonds is 5. The number of amides is 1. The zero-order valence-corrected chi connectivity index (χ0v) is 17.7. The predicted molar refractivity (Wildman–Crippen MR) is 112 cm³/mol. The smallest absolute Gasteiger partial charge is 0.276 e. The number of halogens is 1. The minimum absolute atomic E-state index is 0.0706. The molecule has 0 spiro atoms. The molecular formula is C20H21ClN6OS. The van der Waals surface area contributed by atoms with Gasteiger partial charge in [0.1, 0.15) is 0 Å². The number of benzene rings is 1. The summed E-state index contributed by atoms with van der Waals surface area (Å²) in [5.74, 6) is 0.399. The van der Waals surface area contributed by atoms with E-state index in [2.05, 4.69) is 20.3 Å². The number of piperidine rings is 1. The van der Waals surface area contributed by atoms with Crippen molar-refractivity contribution in [3.8, 4) is 5.69 Å². The average Bonchev–Trinajstić information content (AvgIpc) is 3.19. The molecule has 2 aromatic heterocycles. The van der Waals surface area contributed by atoms with Crippen molar-refractivity contribution in [1.29, 1.82) is 0 Å². The quantitative estimate of drug-likeness (QED) is 0.452. The number of aryl methyl sites for hydroxylation is 1. The molecule has 0 unspecified atom stereocenters. The van der Waals surface area contributed by atoms with E-state index in [4.69, 9.17) is 11.6 Å². The molecule has 150 valence electrons. The second kappa shape index (κ2) is 8.92. The summed E-state index contributed by atoms with van der Waals surface area (Å²) in [6, 6.07) is 7.48. The van der Waals surface area contributed by atoms with Gasteiger partial charge in [-0.1, -0.05) is 34.6 Å². The van der Waals surface area contributed by atoms with Gasteiger partial charge in [-0.25, -0.2) is 14.6 Å². The van der Waals surface area contributed by atoms with Crippen LogP contribution in [0.15, 0.2) is 41.8 Å². The molecule has 1 aromatic carbocycles. The van der Waals surface area contributed by atoms with Crippen molar-refractivity contribution in [1.82, 2.24) is 29.9 Å². The SMILES string of the molecule is Cc1ccc(-n2nnc(C(=O)N3CCCCC3)c2CSc2ncccn2)cc1Cl. The monoisotopic (exact) mass is 428 g/mol. The Morgan fingerprint density at radius 2 is 1.93 bits per heavy atom. The summed E-state index contributed by atoms with van der Waals surface area (Å²) in [5, 5.41) is 9.83. The van der Waals surface area contributed by atoms with Gasteiger partial charge in [0.05, 0.1) is 11.4 Å². The average molecular weight is 429 g/mol. The van der Waals surface area contributed by atoms with E-state index in [1.54, 1.807) is 23.1 Å². The predicted octanol–water partition coefficient (Wildman–Crippen LogP) is 3.94. The lowest BCUT2D eigenvalue weighted by Crippen LogP contribution is -2.36. The lowest BCUT2D eigenvalue weighted by molar-refractivity contribution is 0.0717. The topological polar surface area (TPSA) is 76.8 Å². The summed E-state index contributed by atoms with van der Waals surface area (Å²) in [6.45, 7) is 3.47. The zero-order valence-electron chi connectivity index (χ0n) is 16.1. The molecule has 3 heterocycles. The maximum atomic E-state index is 13.1. The number of aromatic nitrogens is 5. The van der Waals surface area contributed by atoms with Crippen LogP contribution < -0.4 is 0 Å². The first-order valence-electron chi connectivity index (χ1n) is 9.53. The summed E-state index contributed by atoms with van der Waals surface area (Å²) < 4.78 is 1.69. The van der Waals surface area contributed by atoms with E-state index in [1.807, 2.05) is 30.0 Å². The first-order valence-corrected chi connectivity index (χ1v) is 10.9. The van der Waals surface area contributed by atoms with Gasteiger partial charge in [0.15, 0.2) is 10.9 Å². The van der Waals surface area contributed by atoms with E-state index in [1.165, 1.54) is 11.8 Å². The Kier molecular flexibility index (Phi) is 6.10. The Hall–Kier alpha value is -2.45. The lowest BCUT2D eigenvalue weighted by Gasteiger charge is -2.26. The summed E-state index contributed by atoms with van der Waals surface area (Å²) in [7, 11) is 0. The fraction of sp³-hybridized carbons (Fsp3) is 0.350. The van der Waals surface area contributed by atoms with E-state index >= 15 is 0 Å². The highest BCUT2D eigenvalue weighted by molar-refractivity contribution is 7.98. The Bertz CT molecular complexity index is 1000. The Morgan fingerprint density at radius 1 is 1.17 bits per heavy atom. The minimum atomic E-state index is -0.0706. The van der Waals surface area contributed by atoms with Gasteiger partial charge in [-0.05, 0) is 49.9 Å². The first-order chi connectivity index (χ1) is 14.1. The molecule has 1 saturated heterocycles. The minimum Gasteiger partial charge on any atom is -0.337 e. The second-order valence-electron chi connectivity index (χ2n) is 6.90. The van der Waals surface area contributed by atoms with Crippen LogP contribution in [0.2, 0.25) is 5.02 Å². The van der Waals surface area contributed by atoms with Crippen molar-refractivity contribution in [2.45, 2.75) is 37.1 Å². The maximum absolute atomic E-state index is 13.1. The largest absolute Gasteiger partial charge is 0.337 e. The normalized spacial score (nSPS) is 14.2. The Morgan fingerprint density at radius 3 is 2.66 bits per heavy atom. The Balaban J connectivity index is 1.69. The van der Waals surface area contributed by atoms with Gasteiger partial charge in [0.2, 0.25) is 0 Å². The molecular weight excluding hydrogens is 408 g/mol. The molecule has 0 N–H and O–H groups in total. The van der Waals surface area contributed by atoms with Crippen molar-refractivity contribution in [2.24, 2.45) is 0 Å². The van der Waals surface area contributed by atoms with Crippen LogP contribution in [0, 0.1) is 6.92 Å². The lowest BCUT2D eigenvalue weighted by atomic mass is 10.1. The number of likely N-dealkylation sites (tertiary alicyclic amines) is 1. The van der Waals surface area contributed by atoms with Crippen molar-refractivity contribution in [3.63, 3.8) is 0 Å². The maximum Gasteiger partial charge on any atom is 0.276 e. The summed E-state index contributed by atoms with van der Waals surface area (Å²) >= 11 is 7.76. The number of thioether (sulfide) groups is 1. The highest BCUT2D eigenvalue weighted by Gasteiger charge is 2.26. The van der Waals surface area contributed by atoms with Crippen LogP contribution in [0.3, 0.4) is 0 Å². The summed E-state index contributed by atoms with van der Waals surface area (Å²) in [6.07, 6.45) is 6.60. The number of carbonyl (C=O) groups excluding carboxylic acids is 1. The van der Waals surface area contributed by atoms with Crippen molar-refractivity contribution >= 4 is 29.3 Å². The molecule has 0 aliphatic carbocycles. The summed E-state index contributed by atoms with van der Waals surface area (Å²) in [5.41, 5.74) is 2.86. The fourth-order valence-electron chi connectivity index (χ4n) is 3.26. The molecule has 0 radical (unpaired) electrons. The molecule has 1 aliphatic rings. The van der Waals surface area contributed by atoms with Crippen LogP contribution >= 0.6 is 23.4 Å². The first kappa shape index (κ1) is 19.8. The molecule has 1 fully saturated rings. The standard InChI is InChI=1S/C20H21ClN6OS/c1-14-6-7-15(12-16(14)21)27-17(13-29-20-22-8-5-9-23-20)18(24-25-27)19(28)26-10-3-2-4-11-26/h5-9,12H,2-4,10-11,13H2,1H3. The van der Waals surface area contributed by atoms with Crippen LogP contribution in [0.1, 0.15) is 41.0 Å². The molecule has 0 bridgehead atoms. The number of nitrogens with zero attached hydrogens (tertiary/aromatic N) is 6. The van der Waals surface area contributed by atoms with Gasteiger partial charge in [-0.2, -0.15) is 0 Å². The van der Waals surface area contributed by atoms with Gasteiger partial charge in [0.25, 0.3) is 5.91 Å². The van der Waals surface area contributed by atoms with Crippen LogP contribution in [-0.2, 0) is 5.75 Å². The van der Waals surface area contributed by atoms with Crippen LogP contribution in [0.5, 0.6) is 0 Å². The highest BCUT2D eigenvalue weighted by Crippen LogP contribution is 2.26. The number of hydrogen-bond acceptors (Lipinski definition) is 6. The molecule has 9 heteroatoms. The van der Waals surface area contributed by atoms with Gasteiger partial charge in [-0.15, -0.1) is 5.10 Å². The molecule has 3 aromatic rings. The molecule has 4 rings (SSSR count). The molecule has 7 nitrogen and oxygen atoms in total. The molecule has 29 heavy (non-hydrogen) atoms. The second-order valence-corrected chi connectivity index (χ2v) is 8.25. The van der Waals surface area contributed by atoms with E-state index in [0.717, 1.165) is 49.3 Å². The molecule has 0 atom stereocenters. The van der Waals surface area contributed by atoms with Gasteiger partial charge >= 0.3 is 0 Å². The molecule has 0 saturated carbocycles. The van der Waals surface area contributed by atoms with Crippen molar-refractivity contribution in [2.75, 3.05) is 13.1 Å². The van der Waals surface area contributed by atoms with E-state index in [-0.39, 0.29) is 5.91 Å². The summed E-state index contributed by atoms with van der Waals surface area (Å²) in [4.78, 5) is 23.5. The zero-order chi connectivity index (χ0) is 20.2. The third kappa shape index (κ3) is 4.43. The van der Waals surface area contributed by atoms with E-state index in [9.17, 15) is 4.79 Å². The number of carbonyl (C=O) groups is 1. The van der Waals surface area contributed by atoms with Gasteiger partial charge < -0.3 is 4.90 Å².